The van der Waals surface area contributed by atoms with Crippen molar-refractivity contribution in [2.45, 2.75) is 58.8 Å². The van der Waals surface area contributed by atoms with E-state index in [1.54, 1.807) is 11.3 Å². The summed E-state index contributed by atoms with van der Waals surface area (Å²) in [5.41, 5.74) is 1.24. The van der Waals surface area contributed by atoms with Crippen LogP contribution in [0.25, 0.3) is 0 Å². The number of fused-ring (bicyclic) bond motifs is 1. The fraction of sp³-hybridized carbons (Fsp3) is 0.700. The van der Waals surface area contributed by atoms with Crippen molar-refractivity contribution in [1.29, 1.82) is 0 Å². The van der Waals surface area contributed by atoms with Crippen molar-refractivity contribution in [2.75, 3.05) is 26.2 Å². The van der Waals surface area contributed by atoms with E-state index in [0.29, 0.717) is 5.91 Å². The summed E-state index contributed by atoms with van der Waals surface area (Å²) in [6.07, 6.45) is 7.47. The lowest BCUT2D eigenvalue weighted by Gasteiger charge is -2.28. The molecule has 0 bridgehead atoms. The van der Waals surface area contributed by atoms with E-state index in [1.165, 1.54) is 23.3 Å². The number of carbonyl (C=O) groups excluding carboxylic acids is 2. The minimum absolute atomic E-state index is 0.108. The first-order chi connectivity index (χ1) is 12.1. The number of thiophene rings is 1. The molecule has 2 amide bonds. The zero-order valence-electron chi connectivity index (χ0n) is 15.6. The van der Waals surface area contributed by atoms with Gasteiger partial charge in [0.1, 0.15) is 0 Å². The van der Waals surface area contributed by atoms with Crippen molar-refractivity contribution in [2.24, 2.45) is 5.92 Å². The van der Waals surface area contributed by atoms with Crippen molar-refractivity contribution in [1.82, 2.24) is 9.80 Å². The molecule has 1 fully saturated rings. The number of rotatable bonds is 4. The van der Waals surface area contributed by atoms with E-state index in [9.17, 15) is 9.59 Å². The van der Waals surface area contributed by atoms with E-state index in [0.717, 1.165) is 63.2 Å². The van der Waals surface area contributed by atoms with Crippen molar-refractivity contribution in [3.63, 3.8) is 0 Å². The molecule has 0 radical (unpaired) electrons. The molecule has 138 valence electrons. The largest absolute Gasteiger partial charge is 0.342 e. The highest BCUT2D eigenvalue weighted by atomic mass is 32.1. The lowest BCUT2D eigenvalue weighted by atomic mass is 9.87. The van der Waals surface area contributed by atoms with Gasteiger partial charge in [0.05, 0.1) is 4.88 Å². The van der Waals surface area contributed by atoms with Crippen LogP contribution >= 0.6 is 11.3 Å². The molecule has 2 heterocycles. The van der Waals surface area contributed by atoms with Gasteiger partial charge in [0.15, 0.2) is 0 Å². The molecule has 1 aromatic heterocycles. The fourth-order valence-corrected chi connectivity index (χ4v) is 5.23. The molecule has 5 heteroatoms. The average molecular weight is 363 g/mol. The Kier molecular flexibility index (Phi) is 6.15. The minimum Gasteiger partial charge on any atom is -0.342 e. The van der Waals surface area contributed by atoms with Crippen LogP contribution in [-0.2, 0) is 17.6 Å². The smallest absolute Gasteiger partial charge is 0.263 e. The van der Waals surface area contributed by atoms with Gasteiger partial charge in [0.25, 0.3) is 5.91 Å². The Labute approximate surface area is 155 Å². The Bertz CT molecular complexity index is 613. The van der Waals surface area contributed by atoms with Crippen molar-refractivity contribution < 1.29 is 9.59 Å². The maximum absolute atomic E-state index is 12.9. The van der Waals surface area contributed by atoms with Gasteiger partial charge in [-0.25, -0.2) is 0 Å². The third-order valence-corrected chi connectivity index (χ3v) is 6.84. The predicted octanol–water partition coefficient (Wildman–Crippen LogP) is 3.74. The van der Waals surface area contributed by atoms with Gasteiger partial charge in [0.2, 0.25) is 5.91 Å². The topological polar surface area (TPSA) is 40.6 Å². The summed E-state index contributed by atoms with van der Waals surface area (Å²) in [7, 11) is 0. The van der Waals surface area contributed by atoms with E-state index >= 15 is 0 Å². The Morgan fingerprint density at radius 1 is 1.16 bits per heavy atom. The second-order valence-corrected chi connectivity index (χ2v) is 8.35. The molecule has 4 nitrogen and oxygen atoms in total. The zero-order chi connectivity index (χ0) is 17.8. The van der Waals surface area contributed by atoms with Crippen LogP contribution in [0.4, 0.5) is 0 Å². The molecule has 0 N–H and O–H groups in total. The lowest BCUT2D eigenvalue weighted by molar-refractivity contribution is -0.135. The van der Waals surface area contributed by atoms with E-state index in [-0.39, 0.29) is 11.8 Å². The SMILES string of the molecule is CCN(CC)C(=O)c1cc2c(s1)CC[C@H](C(=O)N1CCCCCC1)C2. The van der Waals surface area contributed by atoms with Crippen LogP contribution < -0.4 is 0 Å². The Balaban J connectivity index is 1.69. The maximum atomic E-state index is 12.9. The van der Waals surface area contributed by atoms with Crippen LogP contribution in [0.2, 0.25) is 0 Å². The van der Waals surface area contributed by atoms with Gasteiger partial charge in [-0.05, 0) is 57.6 Å². The first kappa shape index (κ1) is 18.4. The summed E-state index contributed by atoms with van der Waals surface area (Å²) in [4.78, 5) is 31.6. The first-order valence-electron chi connectivity index (χ1n) is 9.83. The average Bonchev–Trinajstić information content (AvgIpc) is 2.87. The van der Waals surface area contributed by atoms with Crippen molar-refractivity contribution >= 4 is 23.2 Å². The number of likely N-dealkylation sites (tertiary alicyclic amines) is 1. The van der Waals surface area contributed by atoms with Gasteiger partial charge in [-0.1, -0.05) is 12.8 Å². The minimum atomic E-state index is 0.108. The van der Waals surface area contributed by atoms with Crippen LogP contribution in [0.15, 0.2) is 6.07 Å². The summed E-state index contributed by atoms with van der Waals surface area (Å²) >= 11 is 1.64. The molecule has 1 aromatic rings. The fourth-order valence-electron chi connectivity index (χ4n) is 4.06. The summed E-state index contributed by atoms with van der Waals surface area (Å²) in [5, 5.41) is 0. The highest BCUT2D eigenvalue weighted by Crippen LogP contribution is 2.34. The van der Waals surface area contributed by atoms with Crippen molar-refractivity contribution in [3.8, 4) is 0 Å². The number of aryl methyl sites for hydroxylation is 1. The van der Waals surface area contributed by atoms with E-state index in [1.807, 2.05) is 18.7 Å². The molecule has 0 unspecified atom stereocenters. The second-order valence-electron chi connectivity index (χ2n) is 7.22. The van der Waals surface area contributed by atoms with Gasteiger partial charge >= 0.3 is 0 Å². The molecule has 1 atom stereocenters. The number of hydrogen-bond donors (Lipinski definition) is 0. The molecule has 2 aliphatic rings. The van der Waals surface area contributed by atoms with Crippen LogP contribution in [0.3, 0.4) is 0 Å². The highest BCUT2D eigenvalue weighted by Gasteiger charge is 2.30. The zero-order valence-corrected chi connectivity index (χ0v) is 16.4. The van der Waals surface area contributed by atoms with Crippen LogP contribution in [0, 0.1) is 5.92 Å². The van der Waals surface area contributed by atoms with E-state index < -0.39 is 0 Å². The van der Waals surface area contributed by atoms with Gasteiger partial charge in [0, 0.05) is 37.0 Å². The number of nitrogens with zero attached hydrogens (tertiary/aromatic N) is 2. The van der Waals surface area contributed by atoms with Crippen molar-refractivity contribution in [3.05, 3.63) is 21.4 Å². The number of amides is 2. The predicted molar refractivity (Wildman–Crippen MR) is 102 cm³/mol. The molecule has 3 rings (SSSR count). The molecule has 0 aromatic carbocycles. The molecular weight excluding hydrogens is 332 g/mol. The molecule has 1 saturated heterocycles. The maximum Gasteiger partial charge on any atom is 0.263 e. The first-order valence-corrected chi connectivity index (χ1v) is 10.6. The molecule has 1 aliphatic carbocycles. The van der Waals surface area contributed by atoms with Gasteiger partial charge in [-0.3, -0.25) is 9.59 Å². The normalized spacial score (nSPS) is 20.7. The molecular formula is C20H30N2O2S. The Morgan fingerprint density at radius 2 is 1.84 bits per heavy atom. The highest BCUT2D eigenvalue weighted by molar-refractivity contribution is 7.14. The summed E-state index contributed by atoms with van der Waals surface area (Å²) in [5.74, 6) is 0.590. The van der Waals surface area contributed by atoms with Crippen LogP contribution in [0.5, 0.6) is 0 Å². The standard InChI is InChI=1S/C20H30N2O2S/c1-3-21(4-2)20(24)18-14-16-13-15(9-10-17(16)25-18)19(23)22-11-7-5-6-8-12-22/h14-15H,3-13H2,1-2H3/t15-/m0/s1. The summed E-state index contributed by atoms with van der Waals surface area (Å²) in [6.45, 7) is 7.38. The summed E-state index contributed by atoms with van der Waals surface area (Å²) < 4.78 is 0. The Hall–Kier alpha value is -1.36. The van der Waals surface area contributed by atoms with Gasteiger partial charge < -0.3 is 9.80 Å². The van der Waals surface area contributed by atoms with E-state index in [2.05, 4.69) is 11.0 Å². The van der Waals surface area contributed by atoms with Crippen LogP contribution in [-0.4, -0.2) is 47.8 Å². The number of carbonyl (C=O) groups is 2. The lowest BCUT2D eigenvalue weighted by Crippen LogP contribution is -2.38. The Morgan fingerprint density at radius 3 is 2.48 bits per heavy atom. The molecule has 0 spiro atoms. The van der Waals surface area contributed by atoms with Gasteiger partial charge in [-0.2, -0.15) is 0 Å². The molecule has 1 aliphatic heterocycles. The number of hydrogen-bond acceptors (Lipinski definition) is 3. The van der Waals surface area contributed by atoms with Gasteiger partial charge in [-0.15, -0.1) is 11.3 Å². The second kappa shape index (κ2) is 8.35. The molecule has 0 saturated carbocycles. The quantitative estimate of drug-likeness (QED) is 0.819. The van der Waals surface area contributed by atoms with Crippen LogP contribution in [0.1, 0.15) is 66.1 Å². The summed E-state index contributed by atoms with van der Waals surface area (Å²) in [6, 6.07) is 2.06. The third kappa shape index (κ3) is 4.08. The third-order valence-electron chi connectivity index (χ3n) is 5.61. The molecule has 25 heavy (non-hydrogen) atoms. The van der Waals surface area contributed by atoms with E-state index in [4.69, 9.17) is 0 Å². The monoisotopic (exact) mass is 362 g/mol.